The number of carboxylic acid groups (broad SMARTS) is 1. The molecule has 0 aromatic heterocycles. The Hall–Kier alpha value is -1.79. The number of carbonyl (C=O) groups is 3. The van der Waals surface area contributed by atoms with Gasteiger partial charge in [-0.25, -0.2) is 4.79 Å². The first-order chi connectivity index (χ1) is 9.50. The van der Waals surface area contributed by atoms with Crippen molar-refractivity contribution in [3.8, 4) is 0 Å². The minimum Gasteiger partial charge on any atom is -0.480 e. The number of hydrogen-bond acceptors (Lipinski definition) is 3. The number of likely N-dealkylation sites (N-methyl/N-ethyl adjacent to an activating group) is 1. The summed E-state index contributed by atoms with van der Waals surface area (Å²) in [6.45, 7) is 7.18. The molecule has 0 spiro atoms. The molecule has 0 aromatic carbocycles. The fourth-order valence-electron chi connectivity index (χ4n) is 1.71. The highest BCUT2D eigenvalue weighted by molar-refractivity contribution is 5.86. The van der Waals surface area contributed by atoms with Crippen LogP contribution >= 0.6 is 0 Å². The smallest absolute Gasteiger partial charge is 0.323 e. The van der Waals surface area contributed by atoms with Gasteiger partial charge < -0.3 is 19.8 Å². The second kappa shape index (κ2) is 7.85. The monoisotopic (exact) mass is 301 g/mol. The van der Waals surface area contributed by atoms with Crippen LogP contribution in [-0.2, 0) is 9.59 Å². The predicted octanol–water partition coefficient (Wildman–Crippen LogP) is 1.09. The number of nitrogens with zero attached hydrogens (tertiary/aromatic N) is 3. The van der Waals surface area contributed by atoms with Gasteiger partial charge in [-0.2, -0.15) is 0 Å². The normalized spacial score (nSPS) is 11.0. The summed E-state index contributed by atoms with van der Waals surface area (Å²) in [4.78, 5) is 39.5. The van der Waals surface area contributed by atoms with E-state index in [-0.39, 0.29) is 12.5 Å². The standard InChI is InChI=1S/C14H27N3O4/c1-7-8-16(9-11(18)15(5)6)13(21)17(10-12(19)20)14(2,3)4/h7-10H2,1-6H3,(H,19,20). The third-order valence-corrected chi connectivity index (χ3v) is 2.92. The molecule has 21 heavy (non-hydrogen) atoms. The number of aliphatic carboxylic acids is 1. The number of urea groups is 1. The Kier molecular flexibility index (Phi) is 7.18. The summed E-state index contributed by atoms with van der Waals surface area (Å²) in [5, 5.41) is 8.99. The fourth-order valence-corrected chi connectivity index (χ4v) is 1.71. The molecular weight excluding hydrogens is 274 g/mol. The van der Waals surface area contributed by atoms with Gasteiger partial charge in [0.2, 0.25) is 5.91 Å². The molecular formula is C14H27N3O4. The Balaban J connectivity index is 5.21. The van der Waals surface area contributed by atoms with Crippen LogP contribution in [0.4, 0.5) is 4.79 Å². The van der Waals surface area contributed by atoms with Crippen LogP contribution in [0, 0.1) is 0 Å². The summed E-state index contributed by atoms with van der Waals surface area (Å²) >= 11 is 0. The van der Waals surface area contributed by atoms with Crippen LogP contribution in [0.2, 0.25) is 0 Å². The van der Waals surface area contributed by atoms with Crippen LogP contribution in [0.25, 0.3) is 0 Å². The summed E-state index contributed by atoms with van der Waals surface area (Å²) in [6.07, 6.45) is 0.692. The minimum absolute atomic E-state index is 0.0497. The molecule has 0 rings (SSSR count). The van der Waals surface area contributed by atoms with Crippen molar-refractivity contribution in [1.82, 2.24) is 14.7 Å². The maximum Gasteiger partial charge on any atom is 0.323 e. The SMILES string of the molecule is CCCN(CC(=O)N(C)C)C(=O)N(CC(=O)O)C(C)(C)C. The topological polar surface area (TPSA) is 81.2 Å². The molecule has 0 atom stereocenters. The van der Waals surface area contributed by atoms with Crippen molar-refractivity contribution in [1.29, 1.82) is 0 Å². The average Bonchev–Trinajstić information content (AvgIpc) is 2.32. The lowest BCUT2D eigenvalue weighted by Crippen LogP contribution is -2.55. The van der Waals surface area contributed by atoms with E-state index < -0.39 is 24.1 Å². The lowest BCUT2D eigenvalue weighted by molar-refractivity contribution is -0.138. The first-order valence-electron chi connectivity index (χ1n) is 6.99. The maximum absolute atomic E-state index is 12.6. The average molecular weight is 301 g/mol. The number of carbonyl (C=O) groups excluding carboxylic acids is 2. The molecule has 0 radical (unpaired) electrons. The van der Waals surface area contributed by atoms with E-state index in [0.717, 1.165) is 0 Å². The highest BCUT2D eigenvalue weighted by Crippen LogP contribution is 2.16. The highest BCUT2D eigenvalue weighted by atomic mass is 16.4. The van der Waals surface area contributed by atoms with E-state index >= 15 is 0 Å². The molecule has 7 nitrogen and oxygen atoms in total. The molecule has 0 aromatic rings. The van der Waals surface area contributed by atoms with Gasteiger partial charge in [-0.15, -0.1) is 0 Å². The van der Waals surface area contributed by atoms with Crippen molar-refractivity contribution in [2.45, 2.75) is 39.7 Å². The van der Waals surface area contributed by atoms with Gasteiger partial charge in [0.15, 0.2) is 0 Å². The Bertz CT molecular complexity index is 388. The summed E-state index contributed by atoms with van der Waals surface area (Å²) in [7, 11) is 3.24. The summed E-state index contributed by atoms with van der Waals surface area (Å²) < 4.78 is 0. The maximum atomic E-state index is 12.6. The third kappa shape index (κ3) is 6.46. The van der Waals surface area contributed by atoms with Crippen molar-refractivity contribution in [3.63, 3.8) is 0 Å². The number of rotatable bonds is 6. The summed E-state index contributed by atoms with van der Waals surface area (Å²) in [5.41, 5.74) is -0.636. The zero-order chi connectivity index (χ0) is 16.8. The molecule has 0 bridgehead atoms. The van der Waals surface area contributed by atoms with Gasteiger partial charge in [-0.3, -0.25) is 9.59 Å². The molecule has 3 amide bonds. The summed E-state index contributed by atoms with van der Waals surface area (Å²) in [6, 6.07) is -0.429. The molecule has 1 N–H and O–H groups in total. The van der Waals surface area contributed by atoms with Gasteiger partial charge >= 0.3 is 12.0 Å². The van der Waals surface area contributed by atoms with Gasteiger partial charge in [0.1, 0.15) is 13.1 Å². The molecule has 0 saturated heterocycles. The van der Waals surface area contributed by atoms with Crippen molar-refractivity contribution in [2.24, 2.45) is 0 Å². The molecule has 0 unspecified atom stereocenters. The van der Waals surface area contributed by atoms with Crippen molar-refractivity contribution in [3.05, 3.63) is 0 Å². The van der Waals surface area contributed by atoms with Gasteiger partial charge in [-0.1, -0.05) is 6.92 Å². The molecule has 0 saturated carbocycles. The van der Waals surface area contributed by atoms with E-state index in [0.29, 0.717) is 13.0 Å². The van der Waals surface area contributed by atoms with Crippen LogP contribution in [0.15, 0.2) is 0 Å². The fraction of sp³-hybridized carbons (Fsp3) is 0.786. The van der Waals surface area contributed by atoms with E-state index in [1.807, 2.05) is 6.92 Å². The van der Waals surface area contributed by atoms with E-state index in [2.05, 4.69) is 0 Å². The lowest BCUT2D eigenvalue weighted by atomic mass is 10.1. The molecule has 7 heteroatoms. The molecule has 0 aliphatic carbocycles. The second-order valence-electron chi connectivity index (χ2n) is 6.14. The Morgan fingerprint density at radius 3 is 1.90 bits per heavy atom. The molecule has 0 aliphatic rings. The summed E-state index contributed by atoms with van der Waals surface area (Å²) in [5.74, 6) is -1.27. The Morgan fingerprint density at radius 1 is 1.05 bits per heavy atom. The van der Waals surface area contributed by atoms with E-state index in [1.54, 1.807) is 34.9 Å². The van der Waals surface area contributed by atoms with Gasteiger partial charge in [0.25, 0.3) is 0 Å². The van der Waals surface area contributed by atoms with Gasteiger partial charge in [-0.05, 0) is 27.2 Å². The molecule has 0 aliphatic heterocycles. The first-order valence-corrected chi connectivity index (χ1v) is 6.99. The third-order valence-electron chi connectivity index (χ3n) is 2.92. The second-order valence-corrected chi connectivity index (χ2v) is 6.14. The van der Waals surface area contributed by atoms with Crippen LogP contribution in [0.5, 0.6) is 0 Å². The van der Waals surface area contributed by atoms with Crippen molar-refractivity contribution >= 4 is 17.9 Å². The molecule has 122 valence electrons. The van der Waals surface area contributed by atoms with E-state index in [4.69, 9.17) is 5.11 Å². The van der Waals surface area contributed by atoms with Gasteiger partial charge in [0.05, 0.1) is 0 Å². The van der Waals surface area contributed by atoms with E-state index in [1.165, 1.54) is 14.7 Å². The quantitative estimate of drug-likeness (QED) is 0.796. The zero-order valence-electron chi connectivity index (χ0n) is 13.8. The largest absolute Gasteiger partial charge is 0.480 e. The predicted molar refractivity (Wildman–Crippen MR) is 80.0 cm³/mol. The van der Waals surface area contributed by atoms with Crippen LogP contribution in [-0.4, -0.2) is 77.0 Å². The number of carboxylic acids is 1. The minimum atomic E-state index is -1.08. The van der Waals surface area contributed by atoms with Crippen LogP contribution in [0.3, 0.4) is 0 Å². The Labute approximate surface area is 126 Å². The van der Waals surface area contributed by atoms with Gasteiger partial charge in [0, 0.05) is 26.2 Å². The highest BCUT2D eigenvalue weighted by Gasteiger charge is 2.32. The van der Waals surface area contributed by atoms with Crippen molar-refractivity contribution < 1.29 is 19.5 Å². The Morgan fingerprint density at radius 2 is 1.57 bits per heavy atom. The lowest BCUT2D eigenvalue weighted by Gasteiger charge is -2.38. The number of amides is 3. The van der Waals surface area contributed by atoms with Crippen molar-refractivity contribution in [2.75, 3.05) is 33.7 Å². The van der Waals surface area contributed by atoms with Crippen LogP contribution < -0.4 is 0 Å². The first kappa shape index (κ1) is 19.2. The zero-order valence-corrected chi connectivity index (χ0v) is 13.8. The molecule has 0 fully saturated rings. The molecule has 0 heterocycles. The van der Waals surface area contributed by atoms with Crippen LogP contribution in [0.1, 0.15) is 34.1 Å². The number of hydrogen-bond donors (Lipinski definition) is 1. The van der Waals surface area contributed by atoms with E-state index in [9.17, 15) is 14.4 Å².